The van der Waals surface area contributed by atoms with Gasteiger partial charge in [0.2, 0.25) is 10.0 Å². The van der Waals surface area contributed by atoms with Gasteiger partial charge in [0.1, 0.15) is 12.4 Å². The second-order valence-corrected chi connectivity index (χ2v) is 8.07. The average Bonchev–Trinajstić information content (AvgIpc) is 2.71. The molecule has 7 heteroatoms. The molecule has 28 heavy (non-hydrogen) atoms. The molecule has 0 radical (unpaired) electrons. The van der Waals surface area contributed by atoms with Gasteiger partial charge in [-0.3, -0.25) is 0 Å². The van der Waals surface area contributed by atoms with Crippen molar-refractivity contribution in [1.29, 1.82) is 0 Å². The van der Waals surface area contributed by atoms with Crippen molar-refractivity contribution in [2.45, 2.75) is 17.9 Å². The predicted molar refractivity (Wildman–Crippen MR) is 109 cm³/mol. The Morgan fingerprint density at radius 2 is 1.57 bits per heavy atom. The molecule has 0 aliphatic carbocycles. The summed E-state index contributed by atoms with van der Waals surface area (Å²) in [6.45, 7) is 1.92. The molecule has 0 saturated heterocycles. The lowest BCUT2D eigenvalue weighted by Gasteiger charge is -2.17. The minimum atomic E-state index is -3.68. The van der Waals surface area contributed by atoms with Gasteiger partial charge in [0.05, 0.1) is 25.2 Å². The van der Waals surface area contributed by atoms with Gasteiger partial charge in [-0.05, 0) is 54.1 Å². The second kappa shape index (κ2) is 8.50. The number of fused-ring (bicyclic) bond motifs is 1. The highest BCUT2D eigenvalue weighted by molar-refractivity contribution is 7.89. The summed E-state index contributed by atoms with van der Waals surface area (Å²) in [5, 5.41) is 1.73. The molecule has 0 bridgehead atoms. The molecule has 3 aromatic carbocycles. The fraction of sp³-hybridized carbons (Fsp3) is 0.238. The maximum atomic E-state index is 12.7. The predicted octanol–water partition coefficient (Wildman–Crippen LogP) is 3.60. The van der Waals surface area contributed by atoms with E-state index < -0.39 is 16.1 Å². The Bertz CT molecular complexity index is 1070. The summed E-state index contributed by atoms with van der Waals surface area (Å²) in [6.07, 6.45) is 0. The molecular formula is C21H23NO5S. The normalized spacial score (nSPS) is 12.5. The van der Waals surface area contributed by atoms with E-state index in [1.807, 2.05) is 24.3 Å². The molecule has 1 N–H and O–H groups in total. The van der Waals surface area contributed by atoms with Crippen molar-refractivity contribution in [2.75, 3.05) is 20.8 Å². The number of benzene rings is 3. The maximum absolute atomic E-state index is 12.7. The van der Waals surface area contributed by atoms with E-state index in [9.17, 15) is 8.42 Å². The molecule has 0 amide bonds. The van der Waals surface area contributed by atoms with Crippen LogP contribution in [0, 0.1) is 0 Å². The largest absolute Gasteiger partial charge is 0.497 e. The van der Waals surface area contributed by atoms with Gasteiger partial charge >= 0.3 is 0 Å². The molecule has 6 nitrogen and oxygen atoms in total. The fourth-order valence-corrected chi connectivity index (χ4v) is 4.08. The molecule has 0 saturated carbocycles. The first kappa shape index (κ1) is 20.0. The van der Waals surface area contributed by atoms with Crippen LogP contribution in [0.3, 0.4) is 0 Å². The Hall–Kier alpha value is -2.77. The molecule has 0 aliphatic rings. The molecule has 0 heterocycles. The molecule has 0 fully saturated rings. The molecule has 0 aromatic heterocycles. The Labute approximate surface area is 165 Å². The van der Waals surface area contributed by atoms with Crippen LogP contribution < -0.4 is 18.9 Å². The van der Waals surface area contributed by atoms with E-state index in [1.165, 1.54) is 0 Å². The Balaban J connectivity index is 1.71. The van der Waals surface area contributed by atoms with Crippen LogP contribution in [-0.2, 0) is 10.0 Å². The van der Waals surface area contributed by atoms with E-state index in [0.29, 0.717) is 11.5 Å². The fourth-order valence-electron chi connectivity index (χ4n) is 2.82. The van der Waals surface area contributed by atoms with Crippen LogP contribution in [0.1, 0.15) is 6.92 Å². The minimum absolute atomic E-state index is 0.171. The zero-order valence-corrected chi connectivity index (χ0v) is 16.8. The van der Waals surface area contributed by atoms with Crippen molar-refractivity contribution in [3.63, 3.8) is 0 Å². The third-order valence-corrected chi connectivity index (χ3v) is 5.83. The van der Waals surface area contributed by atoms with Gasteiger partial charge < -0.3 is 14.2 Å². The van der Waals surface area contributed by atoms with E-state index >= 15 is 0 Å². The summed E-state index contributed by atoms with van der Waals surface area (Å²) in [5.41, 5.74) is 0. The van der Waals surface area contributed by atoms with Crippen LogP contribution in [0.15, 0.2) is 65.6 Å². The highest BCUT2D eigenvalue weighted by Gasteiger charge is 2.18. The van der Waals surface area contributed by atoms with Crippen LogP contribution in [0.5, 0.6) is 17.2 Å². The van der Waals surface area contributed by atoms with Crippen molar-refractivity contribution in [3.05, 3.63) is 60.7 Å². The number of ether oxygens (including phenoxy) is 3. The third-order valence-electron chi connectivity index (χ3n) is 4.24. The van der Waals surface area contributed by atoms with Gasteiger partial charge in [0, 0.05) is 0 Å². The molecule has 0 aliphatic heterocycles. The number of sulfonamides is 1. The smallest absolute Gasteiger partial charge is 0.240 e. The van der Waals surface area contributed by atoms with Crippen molar-refractivity contribution in [1.82, 2.24) is 4.72 Å². The van der Waals surface area contributed by atoms with E-state index in [-0.39, 0.29) is 11.5 Å². The summed E-state index contributed by atoms with van der Waals surface area (Å²) >= 11 is 0. The third kappa shape index (κ3) is 4.55. The molecular weight excluding hydrogens is 378 g/mol. The second-order valence-electron chi connectivity index (χ2n) is 6.36. The zero-order chi connectivity index (χ0) is 20.1. The van der Waals surface area contributed by atoms with Gasteiger partial charge in [0.25, 0.3) is 0 Å². The van der Waals surface area contributed by atoms with E-state index in [1.54, 1.807) is 57.5 Å². The maximum Gasteiger partial charge on any atom is 0.240 e. The average molecular weight is 401 g/mol. The number of hydrogen-bond donors (Lipinski definition) is 1. The van der Waals surface area contributed by atoms with Crippen LogP contribution in [0.4, 0.5) is 0 Å². The van der Waals surface area contributed by atoms with Crippen LogP contribution in [-0.4, -0.2) is 35.3 Å². The van der Waals surface area contributed by atoms with E-state index in [0.717, 1.165) is 16.5 Å². The standard InChI is InChI=1S/C21H23NO5S/c1-15(14-27-21-7-5-4-6-20(21)26-3)22-28(23,24)19-11-9-16-12-18(25-2)10-8-17(16)13-19/h4-13,15,22H,14H2,1-3H3. The quantitative estimate of drug-likeness (QED) is 0.624. The molecule has 0 spiro atoms. The van der Waals surface area contributed by atoms with Crippen LogP contribution in [0.2, 0.25) is 0 Å². The first-order valence-corrected chi connectivity index (χ1v) is 10.3. The van der Waals surface area contributed by atoms with Crippen LogP contribution in [0.25, 0.3) is 10.8 Å². The Morgan fingerprint density at radius 3 is 2.29 bits per heavy atom. The lowest BCUT2D eigenvalue weighted by Crippen LogP contribution is -2.36. The van der Waals surface area contributed by atoms with Crippen molar-refractivity contribution in [3.8, 4) is 17.2 Å². The Kier molecular flexibility index (Phi) is 6.06. The van der Waals surface area contributed by atoms with Crippen LogP contribution >= 0.6 is 0 Å². The lowest BCUT2D eigenvalue weighted by molar-refractivity contribution is 0.271. The van der Waals surface area contributed by atoms with E-state index in [2.05, 4.69) is 4.72 Å². The van der Waals surface area contributed by atoms with Gasteiger partial charge in [-0.25, -0.2) is 13.1 Å². The van der Waals surface area contributed by atoms with Crippen molar-refractivity contribution >= 4 is 20.8 Å². The molecule has 3 aromatic rings. The minimum Gasteiger partial charge on any atom is -0.497 e. The van der Waals surface area contributed by atoms with Crippen molar-refractivity contribution < 1.29 is 22.6 Å². The summed E-state index contributed by atoms with van der Waals surface area (Å²) in [6, 6.07) is 17.3. The monoisotopic (exact) mass is 401 g/mol. The summed E-state index contributed by atoms with van der Waals surface area (Å²) in [5.74, 6) is 1.89. The molecule has 148 valence electrons. The first-order valence-electron chi connectivity index (χ1n) is 8.79. The topological polar surface area (TPSA) is 73.9 Å². The summed E-state index contributed by atoms with van der Waals surface area (Å²) in [4.78, 5) is 0.203. The van der Waals surface area contributed by atoms with Gasteiger partial charge in [-0.1, -0.05) is 24.3 Å². The summed E-state index contributed by atoms with van der Waals surface area (Å²) in [7, 11) is -0.524. The first-order chi connectivity index (χ1) is 13.4. The molecule has 1 unspecified atom stereocenters. The summed E-state index contributed by atoms with van der Waals surface area (Å²) < 4.78 is 44.2. The number of para-hydroxylation sites is 2. The highest BCUT2D eigenvalue weighted by Crippen LogP contribution is 2.26. The highest BCUT2D eigenvalue weighted by atomic mass is 32.2. The SMILES string of the molecule is COc1ccc2cc(S(=O)(=O)NC(C)COc3ccccc3OC)ccc2c1. The zero-order valence-electron chi connectivity index (χ0n) is 16.0. The number of methoxy groups -OCH3 is 2. The Morgan fingerprint density at radius 1 is 0.893 bits per heavy atom. The molecule has 3 rings (SSSR count). The van der Waals surface area contributed by atoms with Gasteiger partial charge in [0.15, 0.2) is 11.5 Å². The number of rotatable bonds is 8. The van der Waals surface area contributed by atoms with E-state index in [4.69, 9.17) is 14.2 Å². The van der Waals surface area contributed by atoms with Gasteiger partial charge in [-0.2, -0.15) is 0 Å². The number of nitrogens with one attached hydrogen (secondary N) is 1. The molecule has 1 atom stereocenters. The number of hydrogen-bond acceptors (Lipinski definition) is 5. The van der Waals surface area contributed by atoms with Gasteiger partial charge in [-0.15, -0.1) is 0 Å². The lowest BCUT2D eigenvalue weighted by atomic mass is 10.1. The van der Waals surface area contributed by atoms with Crippen molar-refractivity contribution in [2.24, 2.45) is 0 Å².